The SMILES string of the molecule is CNc1ccc([N+](=O)[O-])c(NC2CCS(=O)(=O)CC2)n1. The molecule has 1 fully saturated rings. The smallest absolute Gasteiger partial charge is 0.311 e. The van der Waals surface area contributed by atoms with Gasteiger partial charge in [-0.15, -0.1) is 0 Å². The van der Waals surface area contributed by atoms with Gasteiger partial charge >= 0.3 is 5.69 Å². The Morgan fingerprint density at radius 2 is 2.00 bits per heavy atom. The lowest BCUT2D eigenvalue weighted by Crippen LogP contribution is -2.32. The fourth-order valence-corrected chi connectivity index (χ4v) is 3.56. The maximum absolute atomic E-state index is 11.4. The van der Waals surface area contributed by atoms with Crippen LogP contribution in [0.2, 0.25) is 0 Å². The van der Waals surface area contributed by atoms with Crippen LogP contribution in [0, 0.1) is 10.1 Å². The minimum absolute atomic E-state index is 0.101. The lowest BCUT2D eigenvalue weighted by atomic mass is 10.1. The Bertz CT molecular complexity index is 603. The minimum atomic E-state index is -2.95. The van der Waals surface area contributed by atoms with Crippen molar-refractivity contribution >= 4 is 27.2 Å². The van der Waals surface area contributed by atoms with Gasteiger partial charge in [-0.3, -0.25) is 10.1 Å². The zero-order valence-corrected chi connectivity index (χ0v) is 11.8. The molecule has 2 heterocycles. The third-order valence-corrected chi connectivity index (χ3v) is 4.94. The molecule has 1 aliphatic heterocycles. The first-order valence-corrected chi connectivity index (χ1v) is 8.03. The first-order valence-electron chi connectivity index (χ1n) is 6.21. The van der Waals surface area contributed by atoms with Gasteiger partial charge < -0.3 is 10.6 Å². The highest BCUT2D eigenvalue weighted by atomic mass is 32.2. The molecule has 1 aromatic heterocycles. The topological polar surface area (TPSA) is 114 Å². The summed E-state index contributed by atoms with van der Waals surface area (Å²) in [6, 6.07) is 2.78. The molecule has 1 saturated heterocycles. The van der Waals surface area contributed by atoms with Crippen molar-refractivity contribution in [3.63, 3.8) is 0 Å². The number of sulfone groups is 1. The van der Waals surface area contributed by atoms with Crippen LogP contribution < -0.4 is 10.6 Å². The van der Waals surface area contributed by atoms with Crippen molar-refractivity contribution in [2.75, 3.05) is 29.2 Å². The van der Waals surface area contributed by atoms with Gasteiger partial charge in [0, 0.05) is 19.2 Å². The van der Waals surface area contributed by atoms with Crippen molar-refractivity contribution in [2.45, 2.75) is 18.9 Å². The maximum atomic E-state index is 11.4. The number of nitro groups is 1. The van der Waals surface area contributed by atoms with Crippen LogP contribution in [0.3, 0.4) is 0 Å². The average molecular weight is 300 g/mol. The molecule has 20 heavy (non-hydrogen) atoms. The van der Waals surface area contributed by atoms with Crippen LogP contribution in [0.25, 0.3) is 0 Å². The number of anilines is 2. The Morgan fingerprint density at radius 3 is 2.55 bits per heavy atom. The molecule has 8 nitrogen and oxygen atoms in total. The summed E-state index contributed by atoms with van der Waals surface area (Å²) in [6.07, 6.45) is 0.871. The van der Waals surface area contributed by atoms with Gasteiger partial charge in [0.2, 0.25) is 5.82 Å². The molecular weight excluding hydrogens is 284 g/mol. The zero-order chi connectivity index (χ0) is 14.8. The molecule has 0 atom stereocenters. The molecule has 0 radical (unpaired) electrons. The van der Waals surface area contributed by atoms with E-state index in [4.69, 9.17) is 0 Å². The summed E-state index contributed by atoms with van der Waals surface area (Å²) in [4.78, 5) is 14.6. The van der Waals surface area contributed by atoms with Gasteiger partial charge in [-0.1, -0.05) is 0 Å². The summed E-state index contributed by atoms with van der Waals surface area (Å²) in [5.74, 6) is 0.890. The van der Waals surface area contributed by atoms with Gasteiger partial charge in [0.15, 0.2) is 0 Å². The highest BCUT2D eigenvalue weighted by Crippen LogP contribution is 2.26. The van der Waals surface area contributed by atoms with Gasteiger partial charge in [0.25, 0.3) is 0 Å². The second-order valence-electron chi connectivity index (χ2n) is 4.64. The number of hydrogen-bond acceptors (Lipinski definition) is 7. The molecule has 0 bridgehead atoms. The average Bonchev–Trinajstić information content (AvgIpc) is 2.40. The Hall–Kier alpha value is -1.90. The Morgan fingerprint density at radius 1 is 1.35 bits per heavy atom. The molecule has 1 aromatic rings. The summed E-state index contributed by atoms with van der Waals surface area (Å²) in [6.45, 7) is 0. The minimum Gasteiger partial charge on any atom is -0.373 e. The number of rotatable bonds is 4. The number of aromatic nitrogens is 1. The second kappa shape index (κ2) is 5.61. The number of nitrogens with one attached hydrogen (secondary N) is 2. The molecule has 1 aliphatic rings. The highest BCUT2D eigenvalue weighted by Gasteiger charge is 2.26. The van der Waals surface area contributed by atoms with Gasteiger partial charge in [-0.2, -0.15) is 0 Å². The number of hydrogen-bond donors (Lipinski definition) is 2. The van der Waals surface area contributed by atoms with Crippen molar-refractivity contribution in [2.24, 2.45) is 0 Å². The van der Waals surface area contributed by atoms with Crippen LogP contribution in [-0.2, 0) is 9.84 Å². The van der Waals surface area contributed by atoms with E-state index in [9.17, 15) is 18.5 Å². The van der Waals surface area contributed by atoms with Crippen molar-refractivity contribution in [1.29, 1.82) is 0 Å². The molecule has 0 aromatic carbocycles. The van der Waals surface area contributed by atoms with Crippen molar-refractivity contribution in [3.05, 3.63) is 22.2 Å². The van der Waals surface area contributed by atoms with Gasteiger partial charge in [-0.25, -0.2) is 13.4 Å². The van der Waals surface area contributed by atoms with E-state index in [0.29, 0.717) is 18.7 Å². The highest BCUT2D eigenvalue weighted by molar-refractivity contribution is 7.91. The monoisotopic (exact) mass is 300 g/mol. The maximum Gasteiger partial charge on any atom is 0.311 e. The Kier molecular flexibility index (Phi) is 4.07. The van der Waals surface area contributed by atoms with Crippen LogP contribution >= 0.6 is 0 Å². The summed E-state index contributed by atoms with van der Waals surface area (Å²) in [7, 11) is -1.28. The Balaban J connectivity index is 2.17. The fourth-order valence-electron chi connectivity index (χ4n) is 2.07. The molecule has 9 heteroatoms. The normalized spacial score (nSPS) is 18.4. The van der Waals surface area contributed by atoms with Crippen molar-refractivity contribution in [3.8, 4) is 0 Å². The molecule has 0 unspecified atom stereocenters. The van der Waals surface area contributed by atoms with Crippen LogP contribution in [0.4, 0.5) is 17.3 Å². The number of nitrogens with zero attached hydrogens (tertiary/aromatic N) is 2. The first kappa shape index (κ1) is 14.5. The predicted molar refractivity (Wildman–Crippen MR) is 75.7 cm³/mol. The predicted octanol–water partition coefficient (Wildman–Crippen LogP) is 1.02. The standard InChI is InChI=1S/C11H16N4O4S/c1-12-10-3-2-9(15(16)17)11(14-10)13-8-4-6-20(18,19)7-5-8/h2-3,8H,4-7H2,1H3,(H2,12,13,14). The van der Waals surface area contributed by atoms with Gasteiger partial charge in [0.05, 0.1) is 16.4 Å². The van der Waals surface area contributed by atoms with E-state index in [1.807, 2.05) is 0 Å². The molecule has 0 aliphatic carbocycles. The second-order valence-corrected chi connectivity index (χ2v) is 6.95. The van der Waals surface area contributed by atoms with E-state index < -0.39 is 14.8 Å². The quantitative estimate of drug-likeness (QED) is 0.630. The summed E-state index contributed by atoms with van der Waals surface area (Å²) < 4.78 is 22.7. The van der Waals surface area contributed by atoms with Crippen molar-refractivity contribution < 1.29 is 13.3 Å². The van der Waals surface area contributed by atoms with Crippen LogP contribution in [0.15, 0.2) is 12.1 Å². The fraction of sp³-hybridized carbons (Fsp3) is 0.545. The van der Waals surface area contributed by atoms with Crippen LogP contribution in [0.1, 0.15) is 12.8 Å². The lowest BCUT2D eigenvalue weighted by Gasteiger charge is -2.23. The molecular formula is C11H16N4O4S. The number of pyridine rings is 1. The largest absolute Gasteiger partial charge is 0.373 e. The third kappa shape index (κ3) is 3.35. The third-order valence-electron chi connectivity index (χ3n) is 3.22. The summed E-state index contributed by atoms with van der Waals surface area (Å²) >= 11 is 0. The zero-order valence-electron chi connectivity index (χ0n) is 11.0. The van der Waals surface area contributed by atoms with Gasteiger partial charge in [0.1, 0.15) is 15.7 Å². The lowest BCUT2D eigenvalue weighted by molar-refractivity contribution is -0.384. The molecule has 0 saturated carbocycles. The van der Waals surface area contributed by atoms with E-state index in [1.54, 1.807) is 7.05 Å². The molecule has 110 valence electrons. The first-order chi connectivity index (χ1) is 9.41. The molecule has 0 amide bonds. The van der Waals surface area contributed by atoms with E-state index in [0.717, 1.165) is 0 Å². The molecule has 2 rings (SSSR count). The van der Waals surface area contributed by atoms with E-state index >= 15 is 0 Å². The summed E-state index contributed by atoms with van der Waals surface area (Å²) in [5.41, 5.74) is -0.113. The van der Waals surface area contributed by atoms with Crippen LogP contribution in [0.5, 0.6) is 0 Å². The van der Waals surface area contributed by atoms with E-state index in [1.165, 1.54) is 12.1 Å². The molecule has 2 N–H and O–H groups in total. The van der Waals surface area contributed by atoms with E-state index in [2.05, 4.69) is 15.6 Å². The van der Waals surface area contributed by atoms with Gasteiger partial charge in [-0.05, 0) is 18.9 Å². The van der Waals surface area contributed by atoms with Crippen LogP contribution in [-0.4, -0.2) is 42.9 Å². The van der Waals surface area contributed by atoms with E-state index in [-0.39, 0.29) is 29.1 Å². The van der Waals surface area contributed by atoms with Crippen molar-refractivity contribution in [1.82, 2.24) is 4.98 Å². The molecule has 0 spiro atoms. The summed E-state index contributed by atoms with van der Waals surface area (Å²) in [5, 5.41) is 16.8. The Labute approximate surface area is 116 Å².